The third-order valence-electron chi connectivity index (χ3n) is 6.52. The van der Waals surface area contributed by atoms with Crippen molar-refractivity contribution in [2.75, 3.05) is 24.7 Å². The summed E-state index contributed by atoms with van der Waals surface area (Å²) in [6.07, 6.45) is -2.73. The van der Waals surface area contributed by atoms with E-state index in [2.05, 4.69) is 14.9 Å². The number of halogens is 3. The normalized spacial score (nSPS) is 22.2. The fraction of sp³-hybridized carbons (Fsp3) is 0.348. The minimum absolute atomic E-state index is 0.0520. The van der Waals surface area contributed by atoms with Gasteiger partial charge in [0.2, 0.25) is 5.88 Å². The van der Waals surface area contributed by atoms with Crippen LogP contribution in [0.1, 0.15) is 11.3 Å². The highest BCUT2D eigenvalue weighted by atomic mass is 19.4. The van der Waals surface area contributed by atoms with Gasteiger partial charge in [0.1, 0.15) is 34.7 Å². The van der Waals surface area contributed by atoms with Crippen LogP contribution in [0.3, 0.4) is 0 Å². The molecule has 5 heterocycles. The molecule has 1 aromatic carbocycles. The zero-order valence-electron chi connectivity index (χ0n) is 17.8. The molecule has 34 heavy (non-hydrogen) atoms. The Morgan fingerprint density at radius 3 is 2.68 bits per heavy atom. The predicted molar refractivity (Wildman–Crippen MR) is 113 cm³/mol. The Morgan fingerprint density at radius 2 is 1.97 bits per heavy atom. The molecular weight excluding hydrogens is 453 g/mol. The molecule has 3 aromatic rings. The van der Waals surface area contributed by atoms with Crippen LogP contribution in [0.15, 0.2) is 53.5 Å². The van der Waals surface area contributed by atoms with Crippen LogP contribution in [0.2, 0.25) is 0 Å². The van der Waals surface area contributed by atoms with Crippen LogP contribution in [0.4, 0.5) is 19.0 Å². The summed E-state index contributed by atoms with van der Waals surface area (Å²) in [6, 6.07) is 11.0. The molecule has 2 atom stereocenters. The van der Waals surface area contributed by atoms with E-state index in [0.29, 0.717) is 31.9 Å². The van der Waals surface area contributed by atoms with Crippen LogP contribution in [-0.2, 0) is 23.9 Å². The monoisotopic (exact) mass is 472 g/mol. The molecule has 8 nitrogen and oxygen atoms in total. The predicted octanol–water partition coefficient (Wildman–Crippen LogP) is 3.04. The molecule has 11 heteroatoms. The summed E-state index contributed by atoms with van der Waals surface area (Å²) in [6.45, 7) is 2.31. The van der Waals surface area contributed by atoms with E-state index >= 15 is 0 Å². The van der Waals surface area contributed by atoms with E-state index in [-0.39, 0.29) is 29.0 Å². The number of pyridine rings is 1. The summed E-state index contributed by atoms with van der Waals surface area (Å²) in [5.74, 6) is 1.56. The zero-order chi connectivity index (χ0) is 23.5. The number of morpholine rings is 1. The number of hydrogen-bond donors (Lipinski definition) is 0. The fourth-order valence-corrected chi connectivity index (χ4v) is 4.61. The smallest absolute Gasteiger partial charge is 0.433 e. The van der Waals surface area contributed by atoms with Gasteiger partial charge in [-0.15, -0.1) is 0 Å². The van der Waals surface area contributed by atoms with Gasteiger partial charge >= 0.3 is 11.9 Å². The van der Waals surface area contributed by atoms with Gasteiger partial charge in [-0.25, -0.2) is 4.79 Å². The average Bonchev–Trinajstić information content (AvgIpc) is 3.11. The molecule has 0 aliphatic carbocycles. The number of aromatic nitrogens is 3. The molecule has 0 radical (unpaired) electrons. The van der Waals surface area contributed by atoms with Gasteiger partial charge in [-0.2, -0.15) is 18.2 Å². The van der Waals surface area contributed by atoms with Gasteiger partial charge in [-0.05, 0) is 23.8 Å². The van der Waals surface area contributed by atoms with Gasteiger partial charge in [0.15, 0.2) is 0 Å². The number of nitrogens with zero attached hydrogens (tertiary/aromatic N) is 4. The molecule has 0 N–H and O–H groups in total. The molecular formula is C23H19F3N4O4. The molecule has 176 valence electrons. The van der Waals surface area contributed by atoms with Crippen LogP contribution in [0, 0.1) is 0 Å². The van der Waals surface area contributed by atoms with Gasteiger partial charge in [-0.3, -0.25) is 9.55 Å². The molecule has 3 aliphatic heterocycles. The van der Waals surface area contributed by atoms with Gasteiger partial charge in [0, 0.05) is 31.3 Å². The van der Waals surface area contributed by atoms with Crippen LogP contribution in [0.5, 0.6) is 17.4 Å². The Bertz CT molecular complexity index is 1310. The molecule has 6 rings (SSSR count). The zero-order valence-corrected chi connectivity index (χ0v) is 17.8. The summed E-state index contributed by atoms with van der Waals surface area (Å²) in [5.41, 5.74) is -0.482. The Kier molecular flexibility index (Phi) is 4.60. The SMILES string of the molecule is O=c1nc(OCCc2ccc(Oc3ccnc(C(F)(F)F)c3)cc2)cc2n1CC13CO[C@@H]1CN23. The minimum atomic E-state index is -4.53. The molecule has 2 fully saturated rings. The molecule has 2 aromatic heterocycles. The quantitative estimate of drug-likeness (QED) is 0.546. The lowest BCUT2D eigenvalue weighted by molar-refractivity contribution is -0.174. The van der Waals surface area contributed by atoms with Crippen molar-refractivity contribution in [1.82, 2.24) is 14.5 Å². The van der Waals surface area contributed by atoms with Crippen LogP contribution in [-0.4, -0.2) is 45.9 Å². The van der Waals surface area contributed by atoms with E-state index in [4.69, 9.17) is 14.2 Å². The maximum atomic E-state index is 12.8. The minimum Gasteiger partial charge on any atom is -0.477 e. The number of benzene rings is 1. The van der Waals surface area contributed by atoms with Gasteiger partial charge < -0.3 is 19.1 Å². The molecule has 1 spiro atoms. The molecule has 1 unspecified atom stereocenters. The first-order valence-corrected chi connectivity index (χ1v) is 10.8. The van der Waals surface area contributed by atoms with Crippen molar-refractivity contribution in [3.63, 3.8) is 0 Å². The number of ether oxygens (including phenoxy) is 3. The standard InChI is InChI=1S/C23H19F3N4O4/c24-23(25,26)17-9-16(5-7-27-17)34-15-3-1-14(2-4-15)6-8-32-19-10-20-29(21(31)28-19)12-22-13-33-18(22)11-30(20)22/h1-5,7,9-10,18H,6,8,11-13H2/t18-,22?/m1/s1. The summed E-state index contributed by atoms with van der Waals surface area (Å²) < 4.78 is 56.9. The lowest BCUT2D eigenvalue weighted by atomic mass is 9.79. The summed E-state index contributed by atoms with van der Waals surface area (Å²) in [4.78, 5) is 22.0. The largest absolute Gasteiger partial charge is 0.477 e. The van der Waals surface area contributed by atoms with E-state index in [9.17, 15) is 18.0 Å². The van der Waals surface area contributed by atoms with Crippen molar-refractivity contribution in [3.05, 3.63) is 70.4 Å². The van der Waals surface area contributed by atoms with Gasteiger partial charge in [0.25, 0.3) is 0 Å². The summed E-state index contributed by atoms with van der Waals surface area (Å²) in [7, 11) is 0. The van der Waals surface area contributed by atoms with E-state index in [1.165, 1.54) is 6.07 Å². The third-order valence-corrected chi connectivity index (χ3v) is 6.52. The van der Waals surface area contributed by atoms with E-state index in [1.807, 2.05) is 0 Å². The highest BCUT2D eigenvalue weighted by Gasteiger charge is 2.65. The fourth-order valence-electron chi connectivity index (χ4n) is 4.61. The van der Waals surface area contributed by atoms with Crippen molar-refractivity contribution < 1.29 is 27.4 Å². The topological polar surface area (TPSA) is 78.7 Å². The Morgan fingerprint density at radius 1 is 1.15 bits per heavy atom. The van der Waals surface area contributed by atoms with Crippen molar-refractivity contribution in [1.29, 1.82) is 0 Å². The molecule has 2 saturated heterocycles. The van der Waals surface area contributed by atoms with Crippen LogP contribution < -0.4 is 20.1 Å². The van der Waals surface area contributed by atoms with Crippen molar-refractivity contribution in [2.24, 2.45) is 0 Å². The molecule has 3 aliphatic rings. The second-order valence-corrected chi connectivity index (χ2v) is 8.55. The Labute approximate surface area is 191 Å². The van der Waals surface area contributed by atoms with Crippen LogP contribution >= 0.6 is 0 Å². The first kappa shape index (κ1) is 21.0. The number of anilines is 1. The first-order chi connectivity index (χ1) is 16.3. The lowest BCUT2D eigenvalue weighted by Crippen LogP contribution is -2.80. The number of rotatable bonds is 6. The first-order valence-electron chi connectivity index (χ1n) is 10.8. The average molecular weight is 472 g/mol. The Balaban J connectivity index is 1.06. The van der Waals surface area contributed by atoms with E-state index < -0.39 is 11.9 Å². The van der Waals surface area contributed by atoms with E-state index in [0.717, 1.165) is 30.2 Å². The lowest BCUT2D eigenvalue weighted by Gasteiger charge is -2.61. The van der Waals surface area contributed by atoms with Gasteiger partial charge in [-0.1, -0.05) is 12.1 Å². The summed E-state index contributed by atoms with van der Waals surface area (Å²) in [5, 5.41) is 0. The Hall–Kier alpha value is -3.60. The van der Waals surface area contributed by atoms with Crippen molar-refractivity contribution in [2.45, 2.75) is 30.8 Å². The maximum absolute atomic E-state index is 12.8. The number of alkyl halides is 3. The molecule has 0 amide bonds. The van der Waals surface area contributed by atoms with Crippen molar-refractivity contribution >= 4 is 5.82 Å². The highest BCUT2D eigenvalue weighted by molar-refractivity contribution is 5.56. The molecule has 0 bridgehead atoms. The highest BCUT2D eigenvalue weighted by Crippen LogP contribution is 2.50. The number of fused-ring (bicyclic) bond motifs is 2. The number of hydrogen-bond acceptors (Lipinski definition) is 7. The second kappa shape index (κ2) is 7.45. The van der Waals surface area contributed by atoms with Gasteiger partial charge in [0.05, 0.1) is 19.8 Å². The van der Waals surface area contributed by atoms with Crippen molar-refractivity contribution in [3.8, 4) is 17.4 Å². The summed E-state index contributed by atoms with van der Waals surface area (Å²) >= 11 is 0. The van der Waals surface area contributed by atoms with Crippen LogP contribution in [0.25, 0.3) is 0 Å². The maximum Gasteiger partial charge on any atom is 0.433 e. The molecule has 0 saturated carbocycles. The van der Waals surface area contributed by atoms with E-state index in [1.54, 1.807) is 34.9 Å². The third kappa shape index (κ3) is 3.38. The second-order valence-electron chi connectivity index (χ2n) is 8.55.